The monoisotopic (exact) mass is 164 g/mol. The summed E-state index contributed by atoms with van der Waals surface area (Å²) in [4.78, 5) is 4.41. The molecule has 1 aliphatic rings. The van der Waals surface area contributed by atoms with Gasteiger partial charge in [-0.3, -0.25) is 0 Å². The molecule has 1 aromatic heterocycles. The van der Waals surface area contributed by atoms with Crippen molar-refractivity contribution >= 4 is 0 Å². The second-order valence-corrected chi connectivity index (χ2v) is 4.65. The van der Waals surface area contributed by atoms with Gasteiger partial charge in [0.1, 0.15) is 0 Å². The molecule has 2 nitrogen and oxygen atoms in total. The van der Waals surface area contributed by atoms with Crippen molar-refractivity contribution in [1.82, 2.24) is 9.55 Å². The van der Waals surface area contributed by atoms with Gasteiger partial charge in [0, 0.05) is 17.7 Å². The fraction of sp³-hybridized carbons (Fsp3) is 0.700. The van der Waals surface area contributed by atoms with Gasteiger partial charge in [-0.15, -0.1) is 0 Å². The van der Waals surface area contributed by atoms with Gasteiger partial charge in [-0.1, -0.05) is 0 Å². The number of hydrogen-bond acceptors (Lipinski definition) is 1. The molecule has 1 aromatic rings. The smallest absolute Gasteiger partial charge is 0.0954 e. The molecule has 2 rings (SSSR count). The molecule has 0 unspecified atom stereocenters. The molecule has 2 heteroatoms. The molecule has 0 bridgehead atoms. The zero-order valence-electron chi connectivity index (χ0n) is 8.04. The summed E-state index contributed by atoms with van der Waals surface area (Å²) in [6.45, 7) is 6.60. The van der Waals surface area contributed by atoms with Crippen LogP contribution in [0.5, 0.6) is 0 Å². The number of nitrogens with zero attached hydrogens (tertiary/aromatic N) is 2. The Hall–Kier alpha value is -0.790. The van der Waals surface area contributed by atoms with Crippen molar-refractivity contribution in [3.8, 4) is 0 Å². The summed E-state index contributed by atoms with van der Waals surface area (Å²) in [6, 6.07) is 0. The molecule has 0 N–H and O–H groups in total. The summed E-state index contributed by atoms with van der Waals surface area (Å²) < 4.78 is 2.20. The number of rotatable bonds is 1. The van der Waals surface area contributed by atoms with E-state index in [-0.39, 0.29) is 5.54 Å². The standard InChI is InChI=1S/C10H16N2/c1-10(2,3)12-6-9(11-7-12)8-4-5-8/h6-8H,4-5H2,1-3H3. The van der Waals surface area contributed by atoms with Crippen LogP contribution in [0.4, 0.5) is 0 Å². The molecule has 0 aromatic carbocycles. The largest absolute Gasteiger partial charge is 0.332 e. The highest BCUT2D eigenvalue weighted by molar-refractivity contribution is 5.12. The van der Waals surface area contributed by atoms with E-state index in [4.69, 9.17) is 0 Å². The molecule has 0 saturated heterocycles. The van der Waals surface area contributed by atoms with Crippen molar-refractivity contribution in [1.29, 1.82) is 0 Å². The second kappa shape index (κ2) is 2.35. The van der Waals surface area contributed by atoms with Gasteiger partial charge in [0.2, 0.25) is 0 Å². The van der Waals surface area contributed by atoms with Crippen molar-refractivity contribution in [2.75, 3.05) is 0 Å². The normalized spacial score (nSPS) is 18.2. The van der Waals surface area contributed by atoms with Crippen LogP contribution in [0.25, 0.3) is 0 Å². The predicted molar refractivity (Wildman–Crippen MR) is 49.2 cm³/mol. The van der Waals surface area contributed by atoms with E-state index in [0.29, 0.717) is 0 Å². The molecule has 66 valence electrons. The zero-order valence-corrected chi connectivity index (χ0v) is 8.04. The highest BCUT2D eigenvalue weighted by Gasteiger charge is 2.26. The number of hydrogen-bond donors (Lipinski definition) is 0. The first-order valence-electron chi connectivity index (χ1n) is 4.62. The Kier molecular flexibility index (Phi) is 1.53. The molecular formula is C10H16N2. The first kappa shape index (κ1) is 7.84. The second-order valence-electron chi connectivity index (χ2n) is 4.65. The summed E-state index contributed by atoms with van der Waals surface area (Å²) in [5.41, 5.74) is 1.46. The first-order valence-corrected chi connectivity index (χ1v) is 4.62. The quantitative estimate of drug-likeness (QED) is 0.623. The molecule has 0 spiro atoms. The van der Waals surface area contributed by atoms with E-state index in [0.717, 1.165) is 5.92 Å². The molecule has 1 saturated carbocycles. The van der Waals surface area contributed by atoms with E-state index in [1.54, 1.807) is 0 Å². The summed E-state index contributed by atoms with van der Waals surface area (Å²) in [7, 11) is 0. The summed E-state index contributed by atoms with van der Waals surface area (Å²) >= 11 is 0. The van der Waals surface area contributed by atoms with Crippen LogP contribution >= 0.6 is 0 Å². The van der Waals surface area contributed by atoms with Gasteiger partial charge >= 0.3 is 0 Å². The minimum absolute atomic E-state index is 0.181. The van der Waals surface area contributed by atoms with Gasteiger partial charge in [0.05, 0.1) is 12.0 Å². The molecule has 0 amide bonds. The lowest BCUT2D eigenvalue weighted by atomic mass is 10.1. The Morgan fingerprint density at radius 2 is 2.08 bits per heavy atom. The van der Waals surface area contributed by atoms with Crippen molar-refractivity contribution in [2.45, 2.75) is 45.1 Å². The Bertz CT molecular complexity index is 276. The maximum atomic E-state index is 4.41. The van der Waals surface area contributed by atoms with Crippen molar-refractivity contribution in [3.63, 3.8) is 0 Å². The molecule has 1 aliphatic carbocycles. The van der Waals surface area contributed by atoms with Gasteiger partial charge in [-0.2, -0.15) is 0 Å². The summed E-state index contributed by atoms with van der Waals surface area (Å²) in [6.07, 6.45) is 6.81. The van der Waals surface area contributed by atoms with Gasteiger partial charge < -0.3 is 4.57 Å². The van der Waals surface area contributed by atoms with Gasteiger partial charge in [-0.05, 0) is 33.6 Å². The van der Waals surface area contributed by atoms with Crippen LogP contribution in [0, 0.1) is 0 Å². The van der Waals surface area contributed by atoms with Crippen LogP contribution in [0.2, 0.25) is 0 Å². The Morgan fingerprint density at radius 1 is 1.42 bits per heavy atom. The third kappa shape index (κ3) is 1.38. The van der Waals surface area contributed by atoms with Gasteiger partial charge in [-0.25, -0.2) is 4.98 Å². The fourth-order valence-electron chi connectivity index (χ4n) is 1.29. The van der Waals surface area contributed by atoms with Crippen LogP contribution in [0.15, 0.2) is 12.5 Å². The molecule has 0 atom stereocenters. The Labute approximate surface area is 73.6 Å². The van der Waals surface area contributed by atoms with E-state index >= 15 is 0 Å². The van der Waals surface area contributed by atoms with E-state index in [9.17, 15) is 0 Å². The lowest BCUT2D eigenvalue weighted by Crippen LogP contribution is -2.19. The van der Waals surface area contributed by atoms with Crippen LogP contribution in [0.1, 0.15) is 45.2 Å². The van der Waals surface area contributed by atoms with Crippen molar-refractivity contribution in [3.05, 3.63) is 18.2 Å². The van der Waals surface area contributed by atoms with E-state index in [1.165, 1.54) is 18.5 Å². The minimum atomic E-state index is 0.181. The maximum absolute atomic E-state index is 4.41. The van der Waals surface area contributed by atoms with E-state index in [1.807, 2.05) is 6.33 Å². The highest BCUT2D eigenvalue weighted by Crippen LogP contribution is 2.39. The topological polar surface area (TPSA) is 17.8 Å². The number of imidazole rings is 1. The average molecular weight is 164 g/mol. The summed E-state index contributed by atoms with van der Waals surface area (Å²) in [5.74, 6) is 0.772. The first-order chi connectivity index (χ1) is 5.57. The lowest BCUT2D eigenvalue weighted by molar-refractivity contribution is 0.396. The highest BCUT2D eigenvalue weighted by atomic mass is 15.1. The molecule has 0 radical (unpaired) electrons. The summed E-state index contributed by atoms with van der Waals surface area (Å²) in [5, 5.41) is 0. The molecule has 1 fully saturated rings. The third-order valence-corrected chi connectivity index (χ3v) is 2.37. The predicted octanol–water partition coefficient (Wildman–Crippen LogP) is 2.52. The Morgan fingerprint density at radius 3 is 2.50 bits per heavy atom. The molecular weight excluding hydrogens is 148 g/mol. The van der Waals surface area contributed by atoms with Gasteiger partial charge in [0.15, 0.2) is 0 Å². The van der Waals surface area contributed by atoms with E-state index < -0.39 is 0 Å². The lowest BCUT2D eigenvalue weighted by Gasteiger charge is -2.19. The molecule has 12 heavy (non-hydrogen) atoms. The van der Waals surface area contributed by atoms with Crippen LogP contribution in [-0.2, 0) is 5.54 Å². The van der Waals surface area contributed by atoms with E-state index in [2.05, 4.69) is 36.5 Å². The Balaban J connectivity index is 2.23. The van der Waals surface area contributed by atoms with Crippen molar-refractivity contribution < 1.29 is 0 Å². The zero-order chi connectivity index (χ0) is 8.77. The minimum Gasteiger partial charge on any atom is -0.332 e. The third-order valence-electron chi connectivity index (χ3n) is 2.37. The van der Waals surface area contributed by atoms with Gasteiger partial charge in [0.25, 0.3) is 0 Å². The number of aromatic nitrogens is 2. The fourth-order valence-corrected chi connectivity index (χ4v) is 1.29. The van der Waals surface area contributed by atoms with Crippen LogP contribution < -0.4 is 0 Å². The SMILES string of the molecule is CC(C)(C)n1cnc(C2CC2)c1. The molecule has 1 heterocycles. The van der Waals surface area contributed by atoms with Crippen molar-refractivity contribution in [2.24, 2.45) is 0 Å². The molecule has 0 aliphatic heterocycles. The van der Waals surface area contributed by atoms with Crippen LogP contribution in [0.3, 0.4) is 0 Å². The maximum Gasteiger partial charge on any atom is 0.0954 e. The average Bonchev–Trinajstić information content (AvgIpc) is 2.66. The van der Waals surface area contributed by atoms with Crippen LogP contribution in [-0.4, -0.2) is 9.55 Å².